The van der Waals surface area contributed by atoms with Gasteiger partial charge in [0, 0.05) is 13.2 Å². The molecule has 1 heterocycles. The second-order valence-corrected chi connectivity index (χ2v) is 4.98. The lowest BCUT2D eigenvalue weighted by Crippen LogP contribution is -2.36. The van der Waals surface area contributed by atoms with Crippen molar-refractivity contribution >= 4 is 15.9 Å². The van der Waals surface area contributed by atoms with Crippen molar-refractivity contribution in [2.24, 2.45) is 5.73 Å². The van der Waals surface area contributed by atoms with Gasteiger partial charge < -0.3 is 5.73 Å². The van der Waals surface area contributed by atoms with Crippen LogP contribution in [0.25, 0.3) is 0 Å². The molecule has 0 aliphatic heterocycles. The normalized spacial score (nSPS) is 11.7. The summed E-state index contributed by atoms with van der Waals surface area (Å²) in [6.45, 7) is -0.529. The highest BCUT2D eigenvalue weighted by Gasteiger charge is 2.26. The predicted octanol–water partition coefficient (Wildman–Crippen LogP) is -0.673. The third-order valence-corrected chi connectivity index (χ3v) is 3.50. The summed E-state index contributed by atoms with van der Waals surface area (Å²) in [5.74, 6) is -1.80. The van der Waals surface area contributed by atoms with Crippen LogP contribution in [0.4, 0.5) is 4.39 Å². The molecule has 6 nitrogen and oxygen atoms in total. The lowest BCUT2D eigenvalue weighted by molar-refractivity contribution is -0.118. The number of pyridine rings is 1. The van der Waals surface area contributed by atoms with Gasteiger partial charge in [0.2, 0.25) is 10.9 Å². The number of rotatable bonds is 4. The minimum absolute atomic E-state index is 0.529. The molecule has 0 spiro atoms. The first-order chi connectivity index (χ1) is 7.35. The molecule has 1 rings (SSSR count). The Morgan fingerprint density at radius 1 is 1.62 bits per heavy atom. The third kappa shape index (κ3) is 2.52. The van der Waals surface area contributed by atoms with E-state index in [1.807, 2.05) is 0 Å². The molecule has 0 atom stereocenters. The molecule has 0 saturated heterocycles. The second-order valence-electron chi connectivity index (χ2n) is 3.02. The Morgan fingerprint density at radius 2 is 2.25 bits per heavy atom. The molecule has 0 aliphatic rings. The third-order valence-electron chi connectivity index (χ3n) is 1.76. The van der Waals surface area contributed by atoms with Crippen LogP contribution in [0.5, 0.6) is 0 Å². The molecule has 0 bridgehead atoms. The predicted molar refractivity (Wildman–Crippen MR) is 53.2 cm³/mol. The largest absolute Gasteiger partial charge is 0.369 e. The number of carbonyl (C=O) groups excluding carboxylic acids is 1. The standard InChI is InChI=1S/C8H10FN3O3S/c1-12(5-7(10)13)16(14,15)8-6(9)3-2-4-11-8/h2-4H,5H2,1H3,(H2,10,13). The molecule has 1 aromatic rings. The monoisotopic (exact) mass is 247 g/mol. The summed E-state index contributed by atoms with van der Waals surface area (Å²) in [5, 5.41) is -0.723. The lowest BCUT2D eigenvalue weighted by Gasteiger charge is -2.14. The molecule has 0 aliphatic carbocycles. The summed E-state index contributed by atoms with van der Waals surface area (Å²) in [4.78, 5) is 14.0. The zero-order valence-electron chi connectivity index (χ0n) is 8.42. The first-order valence-corrected chi connectivity index (χ1v) is 5.65. The number of nitrogens with two attached hydrogens (primary N) is 1. The van der Waals surface area contributed by atoms with Crippen LogP contribution in [0, 0.1) is 5.82 Å². The van der Waals surface area contributed by atoms with E-state index in [4.69, 9.17) is 5.73 Å². The molecule has 16 heavy (non-hydrogen) atoms. The number of amides is 1. The highest BCUT2D eigenvalue weighted by molar-refractivity contribution is 7.89. The smallest absolute Gasteiger partial charge is 0.263 e. The maximum Gasteiger partial charge on any atom is 0.263 e. The Kier molecular flexibility index (Phi) is 3.55. The molecule has 0 aromatic carbocycles. The van der Waals surface area contributed by atoms with Crippen LogP contribution in [0.2, 0.25) is 0 Å². The summed E-state index contributed by atoms with van der Waals surface area (Å²) in [5.41, 5.74) is 4.85. The number of halogens is 1. The van der Waals surface area contributed by atoms with Crippen molar-refractivity contribution in [3.05, 3.63) is 24.1 Å². The van der Waals surface area contributed by atoms with Gasteiger partial charge in [-0.2, -0.15) is 4.31 Å². The fourth-order valence-electron chi connectivity index (χ4n) is 1.01. The minimum Gasteiger partial charge on any atom is -0.369 e. The van der Waals surface area contributed by atoms with E-state index in [9.17, 15) is 17.6 Å². The highest BCUT2D eigenvalue weighted by atomic mass is 32.2. The van der Waals surface area contributed by atoms with Crippen molar-refractivity contribution in [2.45, 2.75) is 5.03 Å². The van der Waals surface area contributed by atoms with Gasteiger partial charge in [-0.15, -0.1) is 0 Å². The van der Waals surface area contributed by atoms with Gasteiger partial charge in [0.1, 0.15) is 0 Å². The van der Waals surface area contributed by atoms with Crippen LogP contribution >= 0.6 is 0 Å². The van der Waals surface area contributed by atoms with Gasteiger partial charge in [0.25, 0.3) is 10.0 Å². The topological polar surface area (TPSA) is 93.4 Å². The summed E-state index contributed by atoms with van der Waals surface area (Å²) in [6.07, 6.45) is 1.15. The number of hydrogen-bond donors (Lipinski definition) is 1. The molecule has 0 unspecified atom stereocenters. The van der Waals surface area contributed by atoms with Gasteiger partial charge in [-0.05, 0) is 12.1 Å². The van der Waals surface area contributed by atoms with Crippen LogP contribution in [-0.4, -0.2) is 37.2 Å². The molecular weight excluding hydrogens is 237 g/mol. The molecule has 0 radical (unpaired) electrons. The Labute approximate surface area is 91.9 Å². The Morgan fingerprint density at radius 3 is 2.75 bits per heavy atom. The molecule has 0 saturated carbocycles. The number of carbonyl (C=O) groups is 1. The summed E-state index contributed by atoms with van der Waals surface area (Å²) in [7, 11) is -3.00. The molecular formula is C8H10FN3O3S. The van der Waals surface area contributed by atoms with Gasteiger partial charge in [0.05, 0.1) is 6.54 Å². The van der Waals surface area contributed by atoms with Gasteiger partial charge in [-0.25, -0.2) is 17.8 Å². The summed E-state index contributed by atoms with van der Waals surface area (Å²) < 4.78 is 37.2. The SMILES string of the molecule is CN(CC(N)=O)S(=O)(=O)c1ncccc1F. The molecule has 1 aromatic heterocycles. The van der Waals surface area contributed by atoms with Gasteiger partial charge >= 0.3 is 0 Å². The van der Waals surface area contributed by atoms with Crippen molar-refractivity contribution in [3.63, 3.8) is 0 Å². The average Bonchev–Trinajstić information content (AvgIpc) is 2.16. The van der Waals surface area contributed by atoms with Crippen molar-refractivity contribution in [2.75, 3.05) is 13.6 Å². The van der Waals surface area contributed by atoms with E-state index in [1.54, 1.807) is 0 Å². The molecule has 88 valence electrons. The van der Waals surface area contributed by atoms with Crippen LogP contribution in [0.3, 0.4) is 0 Å². The number of sulfonamides is 1. The summed E-state index contributed by atoms with van der Waals surface area (Å²) >= 11 is 0. The fraction of sp³-hybridized carbons (Fsp3) is 0.250. The van der Waals surface area contributed by atoms with Gasteiger partial charge in [-0.3, -0.25) is 4.79 Å². The first kappa shape index (κ1) is 12.5. The van der Waals surface area contributed by atoms with Gasteiger partial charge in [0.15, 0.2) is 5.82 Å². The van der Waals surface area contributed by atoms with E-state index in [0.29, 0.717) is 4.31 Å². The average molecular weight is 247 g/mol. The Balaban J connectivity index is 3.12. The zero-order valence-corrected chi connectivity index (χ0v) is 9.24. The van der Waals surface area contributed by atoms with Crippen LogP contribution in [-0.2, 0) is 14.8 Å². The molecule has 1 amide bonds. The fourth-order valence-corrected chi connectivity index (χ4v) is 2.11. The van der Waals surface area contributed by atoms with E-state index < -0.39 is 33.3 Å². The number of aromatic nitrogens is 1. The lowest BCUT2D eigenvalue weighted by atomic mass is 10.5. The van der Waals surface area contributed by atoms with E-state index >= 15 is 0 Å². The molecule has 2 N–H and O–H groups in total. The van der Waals surface area contributed by atoms with Crippen LogP contribution in [0.1, 0.15) is 0 Å². The van der Waals surface area contributed by atoms with Gasteiger partial charge in [-0.1, -0.05) is 0 Å². The maximum absolute atomic E-state index is 13.2. The van der Waals surface area contributed by atoms with Crippen molar-refractivity contribution in [1.29, 1.82) is 0 Å². The van der Waals surface area contributed by atoms with Crippen molar-refractivity contribution < 1.29 is 17.6 Å². The minimum atomic E-state index is -4.12. The van der Waals surface area contributed by atoms with Crippen molar-refractivity contribution in [3.8, 4) is 0 Å². The Bertz CT molecular complexity index is 503. The number of hydrogen-bond acceptors (Lipinski definition) is 4. The maximum atomic E-state index is 13.2. The molecule has 0 fully saturated rings. The Hall–Kier alpha value is -1.54. The number of primary amides is 1. The quantitative estimate of drug-likeness (QED) is 0.763. The van der Waals surface area contributed by atoms with Crippen LogP contribution < -0.4 is 5.73 Å². The van der Waals surface area contributed by atoms with Crippen molar-refractivity contribution in [1.82, 2.24) is 9.29 Å². The van der Waals surface area contributed by atoms with E-state index in [-0.39, 0.29) is 0 Å². The highest BCUT2D eigenvalue weighted by Crippen LogP contribution is 2.14. The van der Waals surface area contributed by atoms with E-state index in [2.05, 4.69) is 4.98 Å². The van der Waals surface area contributed by atoms with E-state index in [0.717, 1.165) is 19.3 Å². The number of nitrogens with zero attached hydrogens (tertiary/aromatic N) is 2. The second kappa shape index (κ2) is 4.54. The number of likely N-dealkylation sites (N-methyl/N-ethyl adjacent to an activating group) is 1. The van der Waals surface area contributed by atoms with E-state index in [1.165, 1.54) is 6.07 Å². The first-order valence-electron chi connectivity index (χ1n) is 4.21. The molecule has 8 heteroatoms. The zero-order chi connectivity index (χ0) is 12.3. The summed E-state index contributed by atoms with van der Waals surface area (Å²) in [6, 6.07) is 2.24. The van der Waals surface area contributed by atoms with Crippen LogP contribution in [0.15, 0.2) is 23.4 Å².